The smallest absolute Gasteiger partial charge is 0.0468 e. The Hall–Kier alpha value is -11.1. The number of fused-ring (bicyclic) bond motifs is 12. The first-order valence-electron chi connectivity index (χ1n) is 36.3. The number of nitrogens with zero attached hydrogens (tertiary/aromatic N) is 2. The van der Waals surface area contributed by atoms with E-state index in [-0.39, 0.29) is 27.1 Å². The van der Waals surface area contributed by atoms with Crippen molar-refractivity contribution < 1.29 is 0 Å². The Bertz CT molecular complexity index is 6060. The first kappa shape index (κ1) is 61.1. The van der Waals surface area contributed by atoms with Gasteiger partial charge in [-0.15, -0.1) is 0 Å². The molecule has 0 bridgehead atoms. The van der Waals surface area contributed by atoms with Crippen LogP contribution in [0.3, 0.4) is 0 Å². The van der Waals surface area contributed by atoms with Crippen LogP contribution in [0.4, 0.5) is 34.1 Å². The summed E-state index contributed by atoms with van der Waals surface area (Å²) in [5.74, 6) is 0. The highest BCUT2D eigenvalue weighted by Gasteiger charge is 2.40. The number of benzene rings is 15. The zero-order valence-corrected chi connectivity index (χ0v) is 60.0. The van der Waals surface area contributed by atoms with Crippen molar-refractivity contribution in [3.05, 3.63) is 335 Å². The third-order valence-corrected chi connectivity index (χ3v) is 24.3. The van der Waals surface area contributed by atoms with Gasteiger partial charge in [-0.3, -0.25) is 0 Å². The second-order valence-electron chi connectivity index (χ2n) is 32.4. The predicted molar refractivity (Wildman–Crippen MR) is 430 cm³/mol. The molecule has 0 spiro atoms. The molecule has 0 unspecified atom stereocenters. The van der Waals surface area contributed by atoms with E-state index in [1.54, 1.807) is 0 Å². The summed E-state index contributed by atoms with van der Waals surface area (Å²) in [4.78, 5) is 5.06. The van der Waals surface area contributed by atoms with Crippen LogP contribution in [0, 0.1) is 6.92 Å². The molecule has 0 radical (unpaired) electrons. The monoisotopic (exact) mass is 1300 g/mol. The van der Waals surface area contributed by atoms with Gasteiger partial charge in [-0.1, -0.05) is 288 Å². The van der Waals surface area contributed by atoms with Crippen molar-refractivity contribution in [1.82, 2.24) is 0 Å². The normalized spacial score (nSPS) is 15.0. The fraction of sp³-hybridized carbons (Fsp3) is 0.172. The van der Waals surface area contributed by atoms with Gasteiger partial charge in [0, 0.05) is 55.8 Å². The van der Waals surface area contributed by atoms with Crippen molar-refractivity contribution >= 4 is 77.2 Å². The quantitative estimate of drug-likeness (QED) is 0.140. The van der Waals surface area contributed by atoms with Gasteiger partial charge in [-0.2, -0.15) is 0 Å². The Morgan fingerprint density at radius 2 is 0.525 bits per heavy atom. The van der Waals surface area contributed by atoms with Gasteiger partial charge in [0.2, 0.25) is 0 Å². The van der Waals surface area contributed by atoms with E-state index in [1.807, 2.05) is 0 Å². The maximum absolute atomic E-state index is 2.56. The van der Waals surface area contributed by atoms with Gasteiger partial charge in [-0.05, 0) is 245 Å². The fourth-order valence-electron chi connectivity index (χ4n) is 19.0. The highest BCUT2D eigenvalue weighted by atomic mass is 15.1. The van der Waals surface area contributed by atoms with Crippen LogP contribution in [-0.4, -0.2) is 0 Å². The molecule has 101 heavy (non-hydrogen) atoms. The lowest BCUT2D eigenvalue weighted by atomic mass is 9.67. The van der Waals surface area contributed by atoms with Crippen LogP contribution >= 0.6 is 0 Å². The van der Waals surface area contributed by atoms with Crippen molar-refractivity contribution in [2.24, 2.45) is 0 Å². The zero-order valence-electron chi connectivity index (χ0n) is 60.0. The van der Waals surface area contributed by atoms with Crippen molar-refractivity contribution in [3.8, 4) is 66.8 Å². The average molecular weight is 1300 g/mol. The van der Waals surface area contributed by atoms with Gasteiger partial charge in [0.05, 0.1) is 0 Å². The van der Waals surface area contributed by atoms with Gasteiger partial charge in [0.25, 0.3) is 0 Å². The molecule has 0 heterocycles. The molecule has 0 aliphatic heterocycles. The second kappa shape index (κ2) is 21.5. The van der Waals surface area contributed by atoms with Gasteiger partial charge < -0.3 is 9.80 Å². The standard InChI is InChI=1S/C99H82N2/c1-59-35-39-61(40-36-59)100(65-43-47-71-67-23-13-17-29-83(67)98(9,10)89(71)57-65)63-45-49-79-81(55-63)91(77-53-51-75-69-25-15-19-31-85(69)96(5,6)87-33-21-27-73(77)93(75)87)80-50-46-64(56-82(80)92(79)78-54-52-76-70-26-16-20-32-86(70)97(7,8)88-34-22-28-74(78)94(76)88)101(62-41-37-60(38-42-62)95(2,3)4)66-44-48-72-68-24-14-18-30-84(68)99(11,12)90(72)58-66/h13-58H,1-12H3. The van der Waals surface area contributed by atoms with Crippen LogP contribution in [0.25, 0.3) is 110 Å². The van der Waals surface area contributed by atoms with Crippen molar-refractivity contribution in [2.75, 3.05) is 9.80 Å². The van der Waals surface area contributed by atoms with Crippen LogP contribution < -0.4 is 9.80 Å². The molecule has 15 aromatic carbocycles. The molecule has 0 atom stereocenters. The van der Waals surface area contributed by atoms with Gasteiger partial charge in [-0.25, -0.2) is 0 Å². The first-order valence-corrected chi connectivity index (χ1v) is 36.3. The molecule has 19 rings (SSSR count). The van der Waals surface area contributed by atoms with Crippen LogP contribution in [-0.2, 0) is 27.1 Å². The molecule has 15 aromatic rings. The molecule has 2 heteroatoms. The Kier molecular flexibility index (Phi) is 13.0. The fourth-order valence-corrected chi connectivity index (χ4v) is 19.0. The Morgan fingerprint density at radius 3 is 0.921 bits per heavy atom. The summed E-state index contributed by atoms with van der Waals surface area (Å²) in [5, 5.41) is 9.95. The summed E-state index contributed by atoms with van der Waals surface area (Å²) in [7, 11) is 0. The first-order chi connectivity index (χ1) is 48.7. The lowest BCUT2D eigenvalue weighted by molar-refractivity contribution is 0.590. The number of hydrogen-bond donors (Lipinski definition) is 0. The summed E-state index contributed by atoms with van der Waals surface area (Å²) in [6.45, 7) is 28.4. The molecule has 0 saturated carbocycles. The molecule has 0 saturated heterocycles. The topological polar surface area (TPSA) is 6.48 Å². The van der Waals surface area contributed by atoms with E-state index >= 15 is 0 Å². The van der Waals surface area contributed by atoms with Gasteiger partial charge in [0.15, 0.2) is 0 Å². The SMILES string of the molecule is Cc1ccc(N(c2ccc3c(c2)C(C)(C)c2ccccc2-3)c2ccc3c(-c4ccc5c6c(cccc46)C(C)(C)c4ccccc4-5)c4cc(N(c5ccc(C(C)(C)C)cc5)c5ccc6c(c5)C(C)(C)c5ccccc5-6)ccc4c(-c4ccc5c6c(cccc46)C(C)(C)c4ccccc4-5)c3c2)cc1. The molecular weight excluding hydrogens is 1220 g/mol. The third kappa shape index (κ3) is 8.77. The van der Waals surface area contributed by atoms with Crippen molar-refractivity contribution in [2.45, 2.75) is 110 Å². The molecule has 0 aromatic heterocycles. The highest BCUT2D eigenvalue weighted by molar-refractivity contribution is 6.28. The minimum atomic E-state index is -0.245. The molecule has 2 nitrogen and oxygen atoms in total. The van der Waals surface area contributed by atoms with E-state index in [4.69, 9.17) is 0 Å². The molecule has 4 aliphatic carbocycles. The number of hydrogen-bond acceptors (Lipinski definition) is 2. The summed E-state index contributed by atoms with van der Waals surface area (Å²) < 4.78 is 0. The predicted octanol–water partition coefficient (Wildman–Crippen LogP) is 27.4. The van der Waals surface area contributed by atoms with E-state index in [1.165, 1.54) is 165 Å². The minimum Gasteiger partial charge on any atom is -0.310 e. The summed E-state index contributed by atoms with van der Waals surface area (Å²) >= 11 is 0. The second-order valence-corrected chi connectivity index (χ2v) is 32.4. The molecule has 0 N–H and O–H groups in total. The van der Waals surface area contributed by atoms with E-state index in [2.05, 4.69) is 372 Å². The molecule has 0 fully saturated rings. The van der Waals surface area contributed by atoms with E-state index in [0.717, 1.165) is 34.1 Å². The maximum atomic E-state index is 2.56. The molecule has 488 valence electrons. The number of rotatable bonds is 8. The number of aryl methyl sites for hydroxylation is 1. The average Bonchev–Trinajstić information content (AvgIpc) is 1.50. The highest BCUT2D eigenvalue weighted by Crippen LogP contribution is 2.59. The Labute approximate surface area is 594 Å². The molecule has 0 amide bonds. The van der Waals surface area contributed by atoms with E-state index in [9.17, 15) is 0 Å². The van der Waals surface area contributed by atoms with Crippen molar-refractivity contribution in [1.29, 1.82) is 0 Å². The largest absolute Gasteiger partial charge is 0.310 e. The molecular formula is C99H82N2. The molecule has 4 aliphatic rings. The van der Waals surface area contributed by atoms with Crippen LogP contribution in [0.1, 0.15) is 132 Å². The lowest BCUT2D eigenvalue weighted by Gasteiger charge is -2.36. The zero-order chi connectivity index (χ0) is 69.0. The van der Waals surface area contributed by atoms with Crippen LogP contribution in [0.5, 0.6) is 0 Å². The lowest BCUT2D eigenvalue weighted by Crippen LogP contribution is -2.23. The van der Waals surface area contributed by atoms with Gasteiger partial charge >= 0.3 is 0 Å². The Balaban J connectivity index is 0.950. The van der Waals surface area contributed by atoms with Crippen LogP contribution in [0.2, 0.25) is 0 Å². The number of anilines is 6. The minimum absolute atomic E-state index is 0.0272. The van der Waals surface area contributed by atoms with Gasteiger partial charge in [0.1, 0.15) is 0 Å². The van der Waals surface area contributed by atoms with Crippen LogP contribution in [0.15, 0.2) is 279 Å². The van der Waals surface area contributed by atoms with E-state index < -0.39 is 0 Å². The van der Waals surface area contributed by atoms with E-state index in [0.29, 0.717) is 0 Å². The Morgan fingerprint density at radius 1 is 0.228 bits per heavy atom. The third-order valence-electron chi connectivity index (χ3n) is 24.3. The van der Waals surface area contributed by atoms with Crippen molar-refractivity contribution in [3.63, 3.8) is 0 Å². The summed E-state index contributed by atoms with van der Waals surface area (Å²) in [6.07, 6.45) is 0. The summed E-state index contributed by atoms with van der Waals surface area (Å²) in [6, 6.07) is 108. The maximum Gasteiger partial charge on any atom is 0.0468 e. The summed E-state index contributed by atoms with van der Waals surface area (Å²) in [5.41, 5.74) is 34.5.